The maximum absolute atomic E-state index is 12.7. The predicted molar refractivity (Wildman–Crippen MR) is 83.5 cm³/mol. The molecule has 1 N–H and O–H groups in total. The van der Waals surface area contributed by atoms with Crippen LogP contribution in [0.5, 0.6) is 0 Å². The molecule has 116 valence electrons. The summed E-state index contributed by atoms with van der Waals surface area (Å²) >= 11 is 0. The molecule has 0 aliphatic heterocycles. The minimum atomic E-state index is -0.541. The molecular formula is C17H25NO3. The number of rotatable bonds is 7. The number of nitrogens with one attached hydrogen (secondary N) is 1. The monoisotopic (exact) mass is 291 g/mol. The number of carbonyl (C=O) groups is 2. The average Bonchev–Trinajstić information content (AvgIpc) is 2.42. The first-order valence-corrected chi connectivity index (χ1v) is 7.26. The van der Waals surface area contributed by atoms with Crippen LogP contribution in [0.3, 0.4) is 0 Å². The summed E-state index contributed by atoms with van der Waals surface area (Å²) in [6.07, 6.45) is 0.0510. The molecule has 0 heterocycles. The molecule has 1 unspecified atom stereocenters. The molecule has 0 bridgehead atoms. The highest BCUT2D eigenvalue weighted by Gasteiger charge is 2.24. The Hall–Kier alpha value is -1.68. The Bertz CT molecular complexity index is 509. The lowest BCUT2D eigenvalue weighted by atomic mass is 9.96. The lowest BCUT2D eigenvalue weighted by Crippen LogP contribution is -2.41. The number of ketones is 1. The van der Waals surface area contributed by atoms with E-state index in [4.69, 9.17) is 4.74 Å². The van der Waals surface area contributed by atoms with Crippen LogP contribution in [-0.2, 0) is 9.53 Å². The van der Waals surface area contributed by atoms with Gasteiger partial charge in [0, 0.05) is 5.56 Å². The number of benzene rings is 1. The van der Waals surface area contributed by atoms with Gasteiger partial charge in [-0.2, -0.15) is 0 Å². The predicted octanol–water partition coefficient (Wildman–Crippen LogP) is 2.66. The zero-order valence-electron chi connectivity index (χ0n) is 13.5. The average molecular weight is 291 g/mol. The molecule has 0 aliphatic rings. The fourth-order valence-corrected chi connectivity index (χ4v) is 2.16. The molecule has 1 atom stereocenters. The van der Waals surface area contributed by atoms with Gasteiger partial charge in [-0.3, -0.25) is 9.59 Å². The van der Waals surface area contributed by atoms with Gasteiger partial charge in [0.2, 0.25) is 0 Å². The maximum Gasteiger partial charge on any atom is 0.307 e. The largest absolute Gasteiger partial charge is 0.469 e. The number of Topliss-reactive ketones (excluding diaryl/α,β-unsaturated/α-hetero) is 1. The molecule has 0 spiro atoms. The Kier molecular flexibility index (Phi) is 6.56. The van der Waals surface area contributed by atoms with Crippen LogP contribution in [0.2, 0.25) is 0 Å². The highest BCUT2D eigenvalue weighted by molar-refractivity contribution is 6.02. The van der Waals surface area contributed by atoms with Crippen molar-refractivity contribution in [1.29, 1.82) is 0 Å². The van der Waals surface area contributed by atoms with E-state index in [2.05, 4.69) is 19.2 Å². The van der Waals surface area contributed by atoms with Crippen LogP contribution in [0.25, 0.3) is 0 Å². The summed E-state index contributed by atoms with van der Waals surface area (Å²) in [6, 6.07) is 5.18. The van der Waals surface area contributed by atoms with Gasteiger partial charge < -0.3 is 10.1 Å². The summed E-state index contributed by atoms with van der Waals surface area (Å²) in [7, 11) is 1.34. The second-order valence-electron chi connectivity index (χ2n) is 5.82. The Morgan fingerprint density at radius 2 is 1.90 bits per heavy atom. The van der Waals surface area contributed by atoms with Crippen molar-refractivity contribution in [3.8, 4) is 0 Å². The highest BCUT2D eigenvalue weighted by atomic mass is 16.5. The molecule has 0 aromatic heterocycles. The van der Waals surface area contributed by atoms with Crippen molar-refractivity contribution in [2.24, 2.45) is 5.92 Å². The van der Waals surface area contributed by atoms with E-state index in [0.29, 0.717) is 18.0 Å². The second kappa shape index (κ2) is 7.93. The van der Waals surface area contributed by atoms with Gasteiger partial charge in [0.25, 0.3) is 0 Å². The van der Waals surface area contributed by atoms with Crippen LogP contribution < -0.4 is 5.32 Å². The fourth-order valence-electron chi connectivity index (χ4n) is 2.16. The first-order valence-electron chi connectivity index (χ1n) is 7.26. The number of hydrogen-bond donors (Lipinski definition) is 1. The molecule has 21 heavy (non-hydrogen) atoms. The molecule has 1 aromatic carbocycles. The molecule has 0 amide bonds. The van der Waals surface area contributed by atoms with Crippen molar-refractivity contribution in [2.75, 3.05) is 13.7 Å². The van der Waals surface area contributed by atoms with E-state index in [-0.39, 0.29) is 18.2 Å². The van der Waals surface area contributed by atoms with Gasteiger partial charge in [0.05, 0.1) is 19.6 Å². The Morgan fingerprint density at radius 1 is 1.24 bits per heavy atom. The van der Waals surface area contributed by atoms with Crippen molar-refractivity contribution < 1.29 is 14.3 Å². The number of esters is 1. The molecule has 0 saturated carbocycles. The van der Waals surface area contributed by atoms with Gasteiger partial charge in [-0.15, -0.1) is 0 Å². The lowest BCUT2D eigenvalue weighted by Gasteiger charge is -2.19. The minimum absolute atomic E-state index is 0.0510. The van der Waals surface area contributed by atoms with Gasteiger partial charge in [0.1, 0.15) is 0 Å². The fraction of sp³-hybridized carbons (Fsp3) is 0.529. The summed E-state index contributed by atoms with van der Waals surface area (Å²) in [6.45, 7) is 8.70. The van der Waals surface area contributed by atoms with Crippen molar-refractivity contribution in [2.45, 2.75) is 40.2 Å². The van der Waals surface area contributed by atoms with E-state index in [1.165, 1.54) is 7.11 Å². The van der Waals surface area contributed by atoms with Gasteiger partial charge in [-0.05, 0) is 31.9 Å². The third kappa shape index (κ3) is 5.31. The van der Waals surface area contributed by atoms with Gasteiger partial charge in [-0.25, -0.2) is 0 Å². The van der Waals surface area contributed by atoms with Crippen LogP contribution in [0, 0.1) is 19.8 Å². The first kappa shape index (κ1) is 17.4. The lowest BCUT2D eigenvalue weighted by molar-refractivity contribution is -0.141. The smallest absolute Gasteiger partial charge is 0.307 e. The molecular weight excluding hydrogens is 266 g/mol. The summed E-state index contributed by atoms with van der Waals surface area (Å²) in [5.74, 6) is -0.0371. The summed E-state index contributed by atoms with van der Waals surface area (Å²) in [5.41, 5.74) is 2.70. The molecule has 1 aromatic rings. The molecule has 0 radical (unpaired) electrons. The third-order valence-corrected chi connectivity index (χ3v) is 3.33. The quantitative estimate of drug-likeness (QED) is 0.620. The molecule has 4 heteroatoms. The normalized spacial score (nSPS) is 12.3. The van der Waals surface area contributed by atoms with Crippen molar-refractivity contribution >= 4 is 11.8 Å². The van der Waals surface area contributed by atoms with Crippen molar-refractivity contribution in [1.82, 2.24) is 5.32 Å². The minimum Gasteiger partial charge on any atom is -0.469 e. The summed E-state index contributed by atoms with van der Waals surface area (Å²) in [5, 5.41) is 3.17. The number of hydrogen-bond acceptors (Lipinski definition) is 4. The van der Waals surface area contributed by atoms with E-state index < -0.39 is 6.04 Å². The van der Waals surface area contributed by atoms with Crippen LogP contribution >= 0.6 is 0 Å². The van der Waals surface area contributed by atoms with Crippen LogP contribution in [0.4, 0.5) is 0 Å². The Labute approximate surface area is 126 Å². The van der Waals surface area contributed by atoms with Crippen LogP contribution in [0.1, 0.15) is 41.8 Å². The van der Waals surface area contributed by atoms with E-state index >= 15 is 0 Å². The third-order valence-electron chi connectivity index (χ3n) is 3.33. The topological polar surface area (TPSA) is 55.4 Å². The number of methoxy groups -OCH3 is 1. The van der Waals surface area contributed by atoms with Crippen molar-refractivity contribution in [3.63, 3.8) is 0 Å². The Morgan fingerprint density at radius 3 is 2.43 bits per heavy atom. The molecule has 0 aliphatic carbocycles. The van der Waals surface area contributed by atoms with E-state index in [1.807, 2.05) is 32.0 Å². The summed E-state index contributed by atoms with van der Waals surface area (Å²) in [4.78, 5) is 24.2. The van der Waals surface area contributed by atoms with Crippen molar-refractivity contribution in [3.05, 3.63) is 34.9 Å². The number of carbonyl (C=O) groups excluding carboxylic acids is 2. The van der Waals surface area contributed by atoms with Crippen LogP contribution in [-0.4, -0.2) is 31.4 Å². The number of ether oxygens (including phenoxy) is 1. The van der Waals surface area contributed by atoms with E-state index in [0.717, 1.165) is 11.1 Å². The van der Waals surface area contributed by atoms with E-state index in [1.54, 1.807) is 0 Å². The SMILES string of the molecule is COC(=O)CC(NCC(C)C)C(=O)c1ccc(C)cc1C. The highest BCUT2D eigenvalue weighted by Crippen LogP contribution is 2.14. The second-order valence-corrected chi connectivity index (χ2v) is 5.82. The molecule has 0 fully saturated rings. The van der Waals surface area contributed by atoms with Gasteiger partial charge in [-0.1, -0.05) is 37.6 Å². The molecule has 0 saturated heterocycles. The number of aryl methyl sites for hydroxylation is 2. The standard InChI is InChI=1S/C17H25NO3/c1-11(2)10-18-15(9-16(19)21-5)17(20)14-7-6-12(3)8-13(14)4/h6-8,11,15,18H,9-10H2,1-5H3. The maximum atomic E-state index is 12.7. The molecule has 1 rings (SSSR count). The van der Waals surface area contributed by atoms with Gasteiger partial charge in [0.15, 0.2) is 5.78 Å². The first-order chi connectivity index (χ1) is 9.85. The zero-order valence-corrected chi connectivity index (χ0v) is 13.5. The van der Waals surface area contributed by atoms with Gasteiger partial charge >= 0.3 is 5.97 Å². The Balaban J connectivity index is 2.94. The van der Waals surface area contributed by atoms with E-state index in [9.17, 15) is 9.59 Å². The molecule has 4 nitrogen and oxygen atoms in total. The van der Waals surface area contributed by atoms with Crippen LogP contribution in [0.15, 0.2) is 18.2 Å². The zero-order chi connectivity index (χ0) is 16.0. The summed E-state index contributed by atoms with van der Waals surface area (Å²) < 4.78 is 4.69.